The second-order valence-electron chi connectivity index (χ2n) is 7.57. The molecule has 1 heterocycles. The fraction of sp³-hybridized carbons (Fsp3) is 1.00. The summed E-state index contributed by atoms with van der Waals surface area (Å²) in [5.41, 5.74) is 0. The first-order chi connectivity index (χ1) is 10.3. The molecule has 2 fully saturated rings. The van der Waals surface area contributed by atoms with Crippen LogP contribution in [0.2, 0.25) is 0 Å². The summed E-state index contributed by atoms with van der Waals surface area (Å²) in [5, 5.41) is 3.90. The number of hydrogen-bond acceptors (Lipinski definition) is 2. The number of rotatable bonds is 7. The van der Waals surface area contributed by atoms with Crippen molar-refractivity contribution in [3.63, 3.8) is 0 Å². The highest BCUT2D eigenvalue weighted by atomic mass is 15.2. The van der Waals surface area contributed by atoms with Gasteiger partial charge in [-0.25, -0.2) is 0 Å². The summed E-state index contributed by atoms with van der Waals surface area (Å²) in [4.78, 5) is 2.87. The molecule has 3 atom stereocenters. The van der Waals surface area contributed by atoms with Gasteiger partial charge in [0, 0.05) is 25.2 Å². The normalized spacial score (nSPS) is 30.4. The summed E-state index contributed by atoms with van der Waals surface area (Å²) >= 11 is 0. The van der Waals surface area contributed by atoms with E-state index < -0.39 is 0 Å². The highest BCUT2D eigenvalue weighted by Gasteiger charge is 2.34. The topological polar surface area (TPSA) is 15.3 Å². The van der Waals surface area contributed by atoms with Gasteiger partial charge in [-0.15, -0.1) is 0 Å². The van der Waals surface area contributed by atoms with E-state index in [1.165, 1.54) is 77.4 Å². The first kappa shape index (κ1) is 17.3. The van der Waals surface area contributed by atoms with Gasteiger partial charge in [0.05, 0.1) is 0 Å². The number of unbranched alkanes of at least 4 members (excludes halogenated alkanes) is 2. The van der Waals surface area contributed by atoms with Gasteiger partial charge >= 0.3 is 0 Å². The van der Waals surface area contributed by atoms with Crippen LogP contribution in [-0.2, 0) is 0 Å². The Hall–Kier alpha value is -0.0800. The summed E-state index contributed by atoms with van der Waals surface area (Å²) < 4.78 is 0. The van der Waals surface area contributed by atoms with Gasteiger partial charge in [0.1, 0.15) is 0 Å². The van der Waals surface area contributed by atoms with Gasteiger partial charge in [-0.2, -0.15) is 0 Å². The Labute approximate surface area is 133 Å². The van der Waals surface area contributed by atoms with Crippen molar-refractivity contribution in [2.24, 2.45) is 11.8 Å². The molecule has 1 saturated carbocycles. The Morgan fingerprint density at radius 2 is 1.86 bits per heavy atom. The highest BCUT2D eigenvalue weighted by molar-refractivity contribution is 4.92. The molecule has 0 radical (unpaired) electrons. The van der Waals surface area contributed by atoms with Crippen molar-refractivity contribution in [3.05, 3.63) is 0 Å². The molecular formula is C19H38N2. The van der Waals surface area contributed by atoms with Gasteiger partial charge in [0.15, 0.2) is 0 Å². The molecule has 0 aromatic rings. The maximum absolute atomic E-state index is 3.90. The summed E-state index contributed by atoms with van der Waals surface area (Å²) in [6.45, 7) is 10.9. The van der Waals surface area contributed by atoms with Crippen molar-refractivity contribution in [1.82, 2.24) is 10.2 Å². The molecule has 2 nitrogen and oxygen atoms in total. The molecular weight excluding hydrogens is 256 g/mol. The molecule has 2 heteroatoms. The Bertz CT molecular complexity index is 273. The average Bonchev–Trinajstić information content (AvgIpc) is 2.55. The molecule has 0 bridgehead atoms. The molecule has 1 saturated heterocycles. The summed E-state index contributed by atoms with van der Waals surface area (Å²) in [5.74, 6) is 1.77. The number of piperazine rings is 1. The minimum atomic E-state index is 0.719. The van der Waals surface area contributed by atoms with Crippen LogP contribution in [0.4, 0.5) is 0 Å². The second kappa shape index (κ2) is 9.15. The minimum absolute atomic E-state index is 0.719. The van der Waals surface area contributed by atoms with E-state index in [0.29, 0.717) is 0 Å². The molecule has 2 aliphatic rings. The zero-order chi connectivity index (χ0) is 15.1. The fourth-order valence-corrected chi connectivity index (χ4v) is 4.33. The highest BCUT2D eigenvalue weighted by Crippen LogP contribution is 2.31. The number of nitrogens with zero attached hydrogens (tertiary/aromatic N) is 1. The zero-order valence-corrected chi connectivity index (χ0v) is 14.7. The SMILES string of the molecule is CCCCCN1CC(C(C)CC)NCC1C1CCCCC1. The monoisotopic (exact) mass is 294 g/mol. The van der Waals surface area contributed by atoms with Gasteiger partial charge in [0.2, 0.25) is 0 Å². The van der Waals surface area contributed by atoms with Crippen LogP contribution in [0.5, 0.6) is 0 Å². The largest absolute Gasteiger partial charge is 0.311 e. The first-order valence-electron chi connectivity index (χ1n) is 9.73. The smallest absolute Gasteiger partial charge is 0.0249 e. The van der Waals surface area contributed by atoms with E-state index in [1.54, 1.807) is 0 Å². The third kappa shape index (κ3) is 4.96. The van der Waals surface area contributed by atoms with Crippen LogP contribution < -0.4 is 5.32 Å². The van der Waals surface area contributed by atoms with Gasteiger partial charge in [-0.05, 0) is 37.6 Å². The van der Waals surface area contributed by atoms with Crippen molar-refractivity contribution >= 4 is 0 Å². The van der Waals surface area contributed by atoms with Gasteiger partial charge < -0.3 is 5.32 Å². The molecule has 0 spiro atoms. The third-order valence-electron chi connectivity index (χ3n) is 6.06. The van der Waals surface area contributed by atoms with Crippen molar-refractivity contribution in [2.45, 2.75) is 90.6 Å². The maximum Gasteiger partial charge on any atom is 0.0249 e. The van der Waals surface area contributed by atoms with E-state index in [1.807, 2.05) is 0 Å². The molecule has 1 aliphatic carbocycles. The number of hydrogen-bond donors (Lipinski definition) is 1. The molecule has 124 valence electrons. The van der Waals surface area contributed by atoms with Gasteiger partial charge in [-0.3, -0.25) is 4.90 Å². The van der Waals surface area contributed by atoms with Crippen molar-refractivity contribution in [3.8, 4) is 0 Å². The van der Waals surface area contributed by atoms with Crippen LogP contribution in [0.25, 0.3) is 0 Å². The second-order valence-corrected chi connectivity index (χ2v) is 7.57. The van der Waals surface area contributed by atoms with Crippen molar-refractivity contribution < 1.29 is 0 Å². The number of nitrogens with one attached hydrogen (secondary N) is 1. The Kier molecular flexibility index (Phi) is 7.53. The van der Waals surface area contributed by atoms with E-state index in [2.05, 4.69) is 31.0 Å². The van der Waals surface area contributed by atoms with Gasteiger partial charge in [-0.1, -0.05) is 59.3 Å². The van der Waals surface area contributed by atoms with Crippen molar-refractivity contribution in [2.75, 3.05) is 19.6 Å². The van der Waals surface area contributed by atoms with Crippen LogP contribution in [0.15, 0.2) is 0 Å². The maximum atomic E-state index is 3.90. The predicted octanol–water partition coefficient (Wildman–Crippen LogP) is 4.45. The van der Waals surface area contributed by atoms with Crippen LogP contribution >= 0.6 is 0 Å². The average molecular weight is 295 g/mol. The van der Waals surface area contributed by atoms with E-state index in [4.69, 9.17) is 0 Å². The lowest BCUT2D eigenvalue weighted by atomic mass is 9.81. The molecule has 0 aromatic heterocycles. The van der Waals surface area contributed by atoms with E-state index in [-0.39, 0.29) is 0 Å². The molecule has 2 rings (SSSR count). The van der Waals surface area contributed by atoms with E-state index in [0.717, 1.165) is 23.9 Å². The van der Waals surface area contributed by atoms with Crippen LogP contribution in [0.1, 0.15) is 78.6 Å². The molecule has 3 unspecified atom stereocenters. The molecule has 0 amide bonds. The van der Waals surface area contributed by atoms with Crippen LogP contribution in [0.3, 0.4) is 0 Å². The standard InChI is InChI=1S/C19H38N2/c1-4-6-10-13-21-15-18(16(3)5-2)20-14-19(21)17-11-8-7-9-12-17/h16-20H,4-15H2,1-3H3. The van der Waals surface area contributed by atoms with Crippen LogP contribution in [0, 0.1) is 11.8 Å². The molecule has 21 heavy (non-hydrogen) atoms. The Morgan fingerprint density at radius 1 is 1.10 bits per heavy atom. The first-order valence-corrected chi connectivity index (χ1v) is 9.73. The predicted molar refractivity (Wildman–Crippen MR) is 92.7 cm³/mol. The molecule has 1 N–H and O–H groups in total. The van der Waals surface area contributed by atoms with Crippen LogP contribution in [-0.4, -0.2) is 36.6 Å². The minimum Gasteiger partial charge on any atom is -0.311 e. The quantitative estimate of drug-likeness (QED) is 0.698. The molecule has 0 aromatic carbocycles. The lowest BCUT2D eigenvalue weighted by molar-refractivity contribution is 0.0577. The lowest BCUT2D eigenvalue weighted by Crippen LogP contribution is -2.60. The summed E-state index contributed by atoms with van der Waals surface area (Å²) in [6.07, 6.45) is 12.8. The summed E-state index contributed by atoms with van der Waals surface area (Å²) in [7, 11) is 0. The van der Waals surface area contributed by atoms with E-state index >= 15 is 0 Å². The van der Waals surface area contributed by atoms with E-state index in [9.17, 15) is 0 Å². The van der Waals surface area contributed by atoms with Crippen molar-refractivity contribution in [1.29, 1.82) is 0 Å². The third-order valence-corrected chi connectivity index (χ3v) is 6.06. The Balaban J connectivity index is 1.93. The lowest BCUT2D eigenvalue weighted by Gasteiger charge is -2.46. The fourth-order valence-electron chi connectivity index (χ4n) is 4.33. The van der Waals surface area contributed by atoms with Gasteiger partial charge in [0.25, 0.3) is 0 Å². The zero-order valence-electron chi connectivity index (χ0n) is 14.7. The molecule has 1 aliphatic heterocycles. The summed E-state index contributed by atoms with van der Waals surface area (Å²) in [6, 6.07) is 1.54. The Morgan fingerprint density at radius 3 is 2.52 bits per heavy atom.